The van der Waals surface area contributed by atoms with Crippen LogP contribution in [0.1, 0.15) is 19.4 Å². The van der Waals surface area contributed by atoms with Crippen LogP contribution < -0.4 is 5.32 Å². The number of rotatable bonds is 4. The van der Waals surface area contributed by atoms with Crippen LogP contribution in [0.3, 0.4) is 0 Å². The molecule has 2 rings (SSSR count). The fourth-order valence-corrected chi connectivity index (χ4v) is 2.79. The molecule has 0 spiro atoms. The average Bonchev–Trinajstić information content (AvgIpc) is 2.41. The van der Waals surface area contributed by atoms with E-state index in [1.54, 1.807) is 4.90 Å². The number of benzene rings is 1. The summed E-state index contributed by atoms with van der Waals surface area (Å²) in [5.41, 5.74) is 1.75. The van der Waals surface area contributed by atoms with Crippen molar-refractivity contribution in [2.24, 2.45) is 0 Å². The molecule has 4 nitrogen and oxygen atoms in total. The molecule has 0 atom stereocenters. The second kappa shape index (κ2) is 6.61. The van der Waals surface area contributed by atoms with Crippen molar-refractivity contribution in [3.63, 3.8) is 0 Å². The zero-order valence-corrected chi connectivity index (χ0v) is 12.4. The van der Waals surface area contributed by atoms with Gasteiger partial charge in [0.25, 0.3) is 0 Å². The Labute approximate surface area is 123 Å². The molecule has 2 amide bonds. The second-order valence-corrected chi connectivity index (χ2v) is 5.74. The molecule has 0 saturated heterocycles. The van der Waals surface area contributed by atoms with E-state index >= 15 is 0 Å². The van der Waals surface area contributed by atoms with Gasteiger partial charge < -0.3 is 10.2 Å². The highest BCUT2D eigenvalue weighted by Gasteiger charge is 2.25. The first-order valence-electron chi connectivity index (χ1n) is 6.55. The van der Waals surface area contributed by atoms with E-state index in [1.165, 1.54) is 11.8 Å². The largest absolute Gasteiger partial charge is 0.352 e. The number of hydrogen-bond acceptors (Lipinski definition) is 3. The van der Waals surface area contributed by atoms with Gasteiger partial charge in [-0.05, 0) is 24.8 Å². The van der Waals surface area contributed by atoms with Gasteiger partial charge in [0.1, 0.15) is 6.54 Å². The van der Waals surface area contributed by atoms with Gasteiger partial charge in [0.05, 0.1) is 11.4 Å². The summed E-state index contributed by atoms with van der Waals surface area (Å²) in [6.07, 6.45) is 0. The van der Waals surface area contributed by atoms with E-state index < -0.39 is 0 Å². The Morgan fingerprint density at radius 2 is 2.05 bits per heavy atom. The summed E-state index contributed by atoms with van der Waals surface area (Å²) in [5, 5.41) is 4.76. The predicted octanol–water partition coefficient (Wildman–Crippen LogP) is 2.08. The van der Waals surface area contributed by atoms with E-state index in [0.29, 0.717) is 5.75 Å². The zero-order valence-electron chi connectivity index (χ0n) is 11.6. The van der Waals surface area contributed by atoms with Crippen LogP contribution in [-0.2, 0) is 9.59 Å². The van der Waals surface area contributed by atoms with Crippen molar-refractivity contribution in [1.82, 2.24) is 10.2 Å². The maximum absolute atomic E-state index is 12.1. The molecule has 1 aromatic rings. The lowest BCUT2D eigenvalue weighted by atomic mass is 10.1. The van der Waals surface area contributed by atoms with E-state index in [0.717, 1.165) is 11.3 Å². The molecular weight excluding hydrogens is 272 g/mol. The number of amides is 2. The number of hydrogen-bond donors (Lipinski definition) is 1. The van der Waals surface area contributed by atoms with Gasteiger partial charge in [-0.3, -0.25) is 9.59 Å². The Kier molecular flexibility index (Phi) is 4.84. The zero-order chi connectivity index (χ0) is 14.5. The lowest BCUT2D eigenvalue weighted by Crippen LogP contribution is -2.43. The molecule has 20 heavy (non-hydrogen) atoms. The highest BCUT2D eigenvalue weighted by atomic mass is 32.2. The molecule has 0 unspecified atom stereocenters. The normalized spacial score (nSPS) is 15.2. The van der Waals surface area contributed by atoms with Gasteiger partial charge in [0, 0.05) is 6.04 Å². The Bertz CT molecular complexity index is 526. The fourth-order valence-electron chi connectivity index (χ4n) is 1.99. The van der Waals surface area contributed by atoms with Crippen LogP contribution in [0.4, 0.5) is 0 Å². The van der Waals surface area contributed by atoms with E-state index in [-0.39, 0.29) is 24.4 Å². The van der Waals surface area contributed by atoms with Crippen molar-refractivity contribution in [2.75, 3.05) is 12.3 Å². The summed E-state index contributed by atoms with van der Waals surface area (Å²) in [6.45, 7) is 3.87. The first-order valence-corrected chi connectivity index (χ1v) is 7.59. The molecule has 0 aromatic heterocycles. The van der Waals surface area contributed by atoms with Crippen LogP contribution in [0.5, 0.6) is 0 Å². The Morgan fingerprint density at radius 3 is 2.70 bits per heavy atom. The topological polar surface area (TPSA) is 49.4 Å². The number of carbonyl (C=O) groups excluding carboxylic acids is 2. The van der Waals surface area contributed by atoms with E-state index in [2.05, 4.69) is 5.32 Å². The number of carbonyl (C=O) groups is 2. The maximum atomic E-state index is 12.1. The monoisotopic (exact) mass is 290 g/mol. The van der Waals surface area contributed by atoms with Crippen molar-refractivity contribution in [3.8, 4) is 0 Å². The summed E-state index contributed by atoms with van der Waals surface area (Å²) < 4.78 is 0. The van der Waals surface area contributed by atoms with Crippen molar-refractivity contribution in [2.45, 2.75) is 19.9 Å². The summed E-state index contributed by atoms with van der Waals surface area (Å²) in [6, 6.07) is 9.73. The minimum atomic E-state index is -0.137. The first kappa shape index (κ1) is 14.7. The standard InChI is InChI=1S/C15H18N2O2S/c1-11(2)16-14(18)8-17-13(9-20-10-15(17)19)12-6-4-3-5-7-12/h3-7,9,11H,8,10H2,1-2H3,(H,16,18). The lowest BCUT2D eigenvalue weighted by molar-refractivity contribution is -0.131. The average molecular weight is 290 g/mol. The molecule has 106 valence electrons. The van der Waals surface area contributed by atoms with Gasteiger partial charge in [-0.15, -0.1) is 11.8 Å². The summed E-state index contributed by atoms with van der Waals surface area (Å²) in [5.74, 6) is 0.211. The molecule has 5 heteroatoms. The van der Waals surface area contributed by atoms with E-state index in [1.807, 2.05) is 49.6 Å². The lowest BCUT2D eigenvalue weighted by Gasteiger charge is -2.28. The minimum Gasteiger partial charge on any atom is -0.352 e. The molecule has 1 N–H and O–H groups in total. The molecule has 1 aliphatic heterocycles. The maximum Gasteiger partial charge on any atom is 0.240 e. The predicted molar refractivity (Wildman–Crippen MR) is 81.9 cm³/mol. The summed E-state index contributed by atoms with van der Waals surface area (Å²) in [7, 11) is 0. The molecule has 1 heterocycles. The molecule has 1 aliphatic rings. The van der Waals surface area contributed by atoms with Gasteiger partial charge in [-0.25, -0.2) is 0 Å². The van der Waals surface area contributed by atoms with Crippen molar-refractivity contribution < 1.29 is 9.59 Å². The molecule has 0 bridgehead atoms. The Balaban J connectivity index is 2.19. The van der Waals surface area contributed by atoms with Crippen molar-refractivity contribution >= 4 is 29.3 Å². The summed E-state index contributed by atoms with van der Waals surface area (Å²) >= 11 is 1.47. The van der Waals surface area contributed by atoms with Crippen LogP contribution >= 0.6 is 11.8 Å². The number of thioether (sulfide) groups is 1. The van der Waals surface area contributed by atoms with Crippen LogP contribution in [0, 0.1) is 0 Å². The van der Waals surface area contributed by atoms with Crippen molar-refractivity contribution in [1.29, 1.82) is 0 Å². The number of nitrogens with one attached hydrogen (secondary N) is 1. The highest BCUT2D eigenvalue weighted by molar-refractivity contribution is 8.03. The molecule has 1 aromatic carbocycles. The third-order valence-corrected chi connectivity index (χ3v) is 3.62. The second-order valence-electron chi connectivity index (χ2n) is 4.88. The molecule has 0 saturated carbocycles. The SMILES string of the molecule is CC(C)NC(=O)CN1C(=O)CSC=C1c1ccccc1. The fraction of sp³-hybridized carbons (Fsp3) is 0.333. The quantitative estimate of drug-likeness (QED) is 0.923. The van der Waals surface area contributed by atoms with Gasteiger partial charge in [0.15, 0.2) is 0 Å². The van der Waals surface area contributed by atoms with Crippen LogP contribution in [0.15, 0.2) is 35.7 Å². The third kappa shape index (κ3) is 3.63. The van der Waals surface area contributed by atoms with E-state index in [4.69, 9.17) is 0 Å². The molecule has 0 radical (unpaired) electrons. The molecular formula is C15H18N2O2S. The van der Waals surface area contributed by atoms with Crippen LogP contribution in [-0.4, -0.2) is 35.1 Å². The molecule has 0 fully saturated rings. The smallest absolute Gasteiger partial charge is 0.240 e. The highest BCUT2D eigenvalue weighted by Crippen LogP contribution is 2.27. The Morgan fingerprint density at radius 1 is 1.35 bits per heavy atom. The molecule has 0 aliphatic carbocycles. The minimum absolute atomic E-state index is 0.0322. The van der Waals surface area contributed by atoms with Crippen molar-refractivity contribution in [3.05, 3.63) is 41.3 Å². The first-order chi connectivity index (χ1) is 9.58. The van der Waals surface area contributed by atoms with Gasteiger partial charge in [0.2, 0.25) is 11.8 Å². The van der Waals surface area contributed by atoms with Gasteiger partial charge >= 0.3 is 0 Å². The Hall–Kier alpha value is -1.75. The van der Waals surface area contributed by atoms with E-state index in [9.17, 15) is 9.59 Å². The van der Waals surface area contributed by atoms with Gasteiger partial charge in [-0.2, -0.15) is 0 Å². The third-order valence-electron chi connectivity index (χ3n) is 2.81. The van der Waals surface area contributed by atoms with Crippen LogP contribution in [0.25, 0.3) is 5.70 Å². The summed E-state index contributed by atoms with van der Waals surface area (Å²) in [4.78, 5) is 25.5. The van der Waals surface area contributed by atoms with Crippen LogP contribution in [0.2, 0.25) is 0 Å². The number of nitrogens with zero attached hydrogens (tertiary/aromatic N) is 1. The van der Waals surface area contributed by atoms with Gasteiger partial charge in [-0.1, -0.05) is 30.3 Å².